The normalized spacial score (nSPS) is 11.2. The van der Waals surface area contributed by atoms with Crippen LogP contribution in [0.25, 0.3) is 5.69 Å². The maximum atomic E-state index is 12.6. The maximum Gasteiger partial charge on any atom is 0.230 e. The molecule has 0 aliphatic heterocycles. The third-order valence-electron chi connectivity index (χ3n) is 4.34. The van der Waals surface area contributed by atoms with Crippen LogP contribution in [0.3, 0.4) is 0 Å². The number of carbonyl (C=O) groups excluding carboxylic acids is 1. The highest BCUT2D eigenvalue weighted by Gasteiger charge is 2.18. The van der Waals surface area contributed by atoms with E-state index in [-0.39, 0.29) is 18.4 Å². The first kappa shape index (κ1) is 19.5. The quantitative estimate of drug-likeness (QED) is 0.665. The molecule has 0 aliphatic rings. The van der Waals surface area contributed by atoms with Crippen LogP contribution in [0.1, 0.15) is 36.8 Å². The third kappa shape index (κ3) is 4.01. The van der Waals surface area contributed by atoms with Crippen molar-refractivity contribution in [2.24, 2.45) is 0 Å². The number of carbonyl (C=O) groups is 1. The Labute approximate surface area is 168 Å². The molecule has 0 radical (unpaired) electrons. The Kier molecular flexibility index (Phi) is 5.58. The molecule has 0 saturated carbocycles. The fourth-order valence-corrected chi connectivity index (χ4v) is 3.48. The van der Waals surface area contributed by atoms with Crippen molar-refractivity contribution in [1.29, 1.82) is 0 Å². The number of nitrogens with zero attached hydrogens (tertiary/aromatic N) is 4. The Morgan fingerprint density at radius 2 is 1.96 bits per heavy atom. The number of halogens is 2. The smallest absolute Gasteiger partial charge is 0.230 e. The lowest BCUT2D eigenvalue weighted by Gasteiger charge is -2.12. The Morgan fingerprint density at radius 1 is 1.22 bits per heavy atom. The van der Waals surface area contributed by atoms with Crippen LogP contribution in [-0.2, 0) is 11.2 Å². The van der Waals surface area contributed by atoms with Crippen molar-refractivity contribution in [2.45, 2.75) is 40.2 Å². The molecule has 2 heterocycles. The van der Waals surface area contributed by atoms with Gasteiger partial charge in [0.05, 0.1) is 29.0 Å². The predicted molar refractivity (Wildman–Crippen MR) is 108 cm³/mol. The van der Waals surface area contributed by atoms with Gasteiger partial charge in [0.2, 0.25) is 5.91 Å². The zero-order valence-electron chi connectivity index (χ0n) is 15.6. The molecule has 8 heteroatoms. The van der Waals surface area contributed by atoms with Gasteiger partial charge in [-0.3, -0.25) is 4.79 Å². The summed E-state index contributed by atoms with van der Waals surface area (Å²) in [5, 5.41) is 12.8. The summed E-state index contributed by atoms with van der Waals surface area (Å²) in [5.41, 5.74) is 3.25. The summed E-state index contributed by atoms with van der Waals surface area (Å²) in [4.78, 5) is 12.6. The monoisotopic (exact) mass is 405 g/mol. The molecule has 0 atom stereocenters. The number of aromatic nitrogens is 4. The molecule has 2 aromatic heterocycles. The molecule has 142 valence electrons. The molecule has 6 nitrogen and oxygen atoms in total. The van der Waals surface area contributed by atoms with Crippen LogP contribution in [0.4, 0.5) is 5.82 Å². The zero-order chi connectivity index (χ0) is 19.7. The van der Waals surface area contributed by atoms with Gasteiger partial charge in [0.1, 0.15) is 5.82 Å². The van der Waals surface area contributed by atoms with Crippen molar-refractivity contribution < 1.29 is 4.79 Å². The van der Waals surface area contributed by atoms with E-state index in [0.29, 0.717) is 15.9 Å². The van der Waals surface area contributed by atoms with Gasteiger partial charge in [0.25, 0.3) is 0 Å². The second-order valence-electron chi connectivity index (χ2n) is 6.64. The molecule has 1 aromatic carbocycles. The third-order valence-corrected chi connectivity index (χ3v) is 4.88. The minimum absolute atomic E-state index is 0.120. The standard InChI is InChI=1S/C19H21Cl2N5O/c1-11(2)25-18(7-8-22-25)23-19(27)10-15-12(3)24-26(13(15)4)17-6-5-14(20)9-16(17)21/h5-9,11H,10H2,1-4H3,(H,23,27). The summed E-state index contributed by atoms with van der Waals surface area (Å²) in [7, 11) is 0. The summed E-state index contributed by atoms with van der Waals surface area (Å²) in [6.45, 7) is 7.83. The highest BCUT2D eigenvalue weighted by molar-refractivity contribution is 6.35. The van der Waals surface area contributed by atoms with E-state index < -0.39 is 0 Å². The number of benzene rings is 1. The summed E-state index contributed by atoms with van der Waals surface area (Å²) < 4.78 is 3.52. The summed E-state index contributed by atoms with van der Waals surface area (Å²) in [5.74, 6) is 0.559. The van der Waals surface area contributed by atoms with Crippen LogP contribution in [0, 0.1) is 13.8 Å². The van der Waals surface area contributed by atoms with Gasteiger partial charge >= 0.3 is 0 Å². The number of aryl methyl sites for hydroxylation is 1. The number of amides is 1. The lowest BCUT2D eigenvalue weighted by molar-refractivity contribution is -0.115. The predicted octanol–water partition coefficient (Wildman–Crippen LogP) is 4.75. The molecule has 27 heavy (non-hydrogen) atoms. The van der Waals surface area contributed by atoms with Crippen molar-refractivity contribution in [3.8, 4) is 5.69 Å². The van der Waals surface area contributed by atoms with Crippen molar-refractivity contribution in [3.05, 3.63) is 57.5 Å². The minimum atomic E-state index is -0.120. The van der Waals surface area contributed by atoms with Crippen LogP contribution < -0.4 is 5.32 Å². The van der Waals surface area contributed by atoms with Crippen LogP contribution in [0.5, 0.6) is 0 Å². The first-order valence-corrected chi connectivity index (χ1v) is 9.37. The second kappa shape index (κ2) is 7.74. The first-order valence-electron chi connectivity index (χ1n) is 8.61. The molecule has 3 rings (SSSR count). The average molecular weight is 406 g/mol. The van der Waals surface area contributed by atoms with Gasteiger partial charge in [-0.05, 0) is 45.9 Å². The number of nitrogens with one attached hydrogen (secondary N) is 1. The number of hydrogen-bond acceptors (Lipinski definition) is 3. The highest BCUT2D eigenvalue weighted by atomic mass is 35.5. The van der Waals surface area contributed by atoms with Gasteiger partial charge in [0.15, 0.2) is 0 Å². The van der Waals surface area contributed by atoms with Crippen molar-refractivity contribution in [2.75, 3.05) is 5.32 Å². The lowest BCUT2D eigenvalue weighted by Crippen LogP contribution is -2.19. The number of rotatable bonds is 5. The van der Waals surface area contributed by atoms with Gasteiger partial charge in [0, 0.05) is 28.4 Å². The Bertz CT molecular complexity index is 990. The molecule has 1 amide bonds. The van der Waals surface area contributed by atoms with Gasteiger partial charge in [-0.15, -0.1) is 0 Å². The van der Waals surface area contributed by atoms with Gasteiger partial charge < -0.3 is 5.32 Å². The van der Waals surface area contributed by atoms with E-state index in [1.165, 1.54) is 0 Å². The second-order valence-corrected chi connectivity index (χ2v) is 7.48. The van der Waals surface area contributed by atoms with E-state index in [1.54, 1.807) is 33.8 Å². The van der Waals surface area contributed by atoms with Crippen LogP contribution in [-0.4, -0.2) is 25.5 Å². The molecule has 3 aromatic rings. The molecule has 0 fully saturated rings. The van der Waals surface area contributed by atoms with Crippen LogP contribution >= 0.6 is 23.2 Å². The minimum Gasteiger partial charge on any atom is -0.311 e. The molecule has 0 saturated heterocycles. The van der Waals surface area contributed by atoms with Gasteiger partial charge in [-0.2, -0.15) is 10.2 Å². The Hall–Kier alpha value is -2.31. The molecular formula is C19H21Cl2N5O. The molecule has 0 bridgehead atoms. The highest BCUT2D eigenvalue weighted by Crippen LogP contribution is 2.27. The average Bonchev–Trinajstić information content (AvgIpc) is 3.15. The molecule has 0 unspecified atom stereocenters. The van der Waals surface area contributed by atoms with E-state index in [0.717, 1.165) is 22.6 Å². The van der Waals surface area contributed by atoms with E-state index >= 15 is 0 Å². The van der Waals surface area contributed by atoms with Crippen LogP contribution in [0.2, 0.25) is 10.0 Å². The van der Waals surface area contributed by atoms with Crippen molar-refractivity contribution in [3.63, 3.8) is 0 Å². The van der Waals surface area contributed by atoms with E-state index in [9.17, 15) is 4.79 Å². The van der Waals surface area contributed by atoms with E-state index in [1.807, 2.05) is 33.8 Å². The number of anilines is 1. The largest absolute Gasteiger partial charge is 0.311 e. The molecule has 0 spiro atoms. The fraction of sp³-hybridized carbons (Fsp3) is 0.316. The Morgan fingerprint density at radius 3 is 2.63 bits per heavy atom. The Balaban J connectivity index is 1.84. The van der Waals surface area contributed by atoms with Crippen molar-refractivity contribution >= 4 is 34.9 Å². The summed E-state index contributed by atoms with van der Waals surface area (Å²) >= 11 is 12.3. The fourth-order valence-electron chi connectivity index (χ4n) is 2.99. The SMILES string of the molecule is Cc1nn(-c2ccc(Cl)cc2Cl)c(C)c1CC(=O)Nc1ccnn1C(C)C. The summed E-state index contributed by atoms with van der Waals surface area (Å²) in [6, 6.07) is 7.20. The lowest BCUT2D eigenvalue weighted by atomic mass is 10.1. The van der Waals surface area contributed by atoms with Gasteiger partial charge in [-0.25, -0.2) is 9.36 Å². The molecular weight excluding hydrogens is 385 g/mol. The topological polar surface area (TPSA) is 64.7 Å². The first-order chi connectivity index (χ1) is 12.8. The van der Waals surface area contributed by atoms with Gasteiger partial charge in [-0.1, -0.05) is 23.2 Å². The number of hydrogen-bond donors (Lipinski definition) is 1. The summed E-state index contributed by atoms with van der Waals surface area (Å²) in [6.07, 6.45) is 1.89. The molecule has 0 aliphatic carbocycles. The van der Waals surface area contributed by atoms with Crippen LogP contribution in [0.15, 0.2) is 30.5 Å². The zero-order valence-corrected chi connectivity index (χ0v) is 17.1. The van der Waals surface area contributed by atoms with E-state index in [2.05, 4.69) is 15.5 Å². The van der Waals surface area contributed by atoms with E-state index in [4.69, 9.17) is 23.2 Å². The molecule has 1 N–H and O–H groups in total. The maximum absolute atomic E-state index is 12.6. The van der Waals surface area contributed by atoms with Crippen molar-refractivity contribution in [1.82, 2.24) is 19.6 Å².